The Balaban J connectivity index is 1.64. The maximum absolute atomic E-state index is 14.3. The predicted molar refractivity (Wildman–Crippen MR) is 150 cm³/mol. The number of pyridine rings is 1. The van der Waals surface area contributed by atoms with Gasteiger partial charge in [0.1, 0.15) is 35.9 Å². The van der Waals surface area contributed by atoms with Gasteiger partial charge in [0.25, 0.3) is 0 Å². The number of carbonyl (C=O) groups excluding carboxylic acids is 2. The lowest BCUT2D eigenvalue weighted by Gasteiger charge is -2.34. The number of hydrogen-bond acceptors (Lipinski definition) is 9. The zero-order valence-electron chi connectivity index (χ0n) is 23.2. The number of nitrogens with one attached hydrogen (secondary N) is 1. The summed E-state index contributed by atoms with van der Waals surface area (Å²) < 4.78 is 8.63. The van der Waals surface area contributed by atoms with Gasteiger partial charge in [-0.05, 0) is 72.7 Å². The predicted octanol–water partition coefficient (Wildman–Crippen LogP) is 2.89. The second-order valence-electron chi connectivity index (χ2n) is 10.0. The summed E-state index contributed by atoms with van der Waals surface area (Å²) in [6, 6.07) is 14.9. The number of rotatable bonds is 10. The molecule has 0 aliphatic carbocycles. The van der Waals surface area contributed by atoms with Crippen LogP contribution in [0.15, 0.2) is 73.3 Å². The maximum atomic E-state index is 14.3. The number of amides is 2. The Kier molecular flexibility index (Phi) is 7.68. The summed E-state index contributed by atoms with van der Waals surface area (Å²) in [5.41, 5.74) is 2.43. The van der Waals surface area contributed by atoms with Crippen molar-refractivity contribution in [3.05, 3.63) is 78.9 Å². The van der Waals surface area contributed by atoms with Crippen molar-refractivity contribution in [3.63, 3.8) is 0 Å². The molecule has 13 heteroatoms. The van der Waals surface area contributed by atoms with Crippen molar-refractivity contribution in [2.75, 3.05) is 12.0 Å². The molecule has 2 amide bonds. The van der Waals surface area contributed by atoms with Crippen LogP contribution in [0.1, 0.15) is 38.8 Å². The molecule has 0 saturated heterocycles. The first-order valence-corrected chi connectivity index (χ1v) is 13.0. The van der Waals surface area contributed by atoms with Crippen molar-refractivity contribution in [3.8, 4) is 11.4 Å². The highest BCUT2D eigenvalue weighted by Gasteiger charge is 2.36. The van der Waals surface area contributed by atoms with Crippen molar-refractivity contribution in [2.24, 2.45) is 0 Å². The molecule has 0 radical (unpaired) electrons. The second-order valence-corrected chi connectivity index (χ2v) is 10.0. The van der Waals surface area contributed by atoms with Gasteiger partial charge in [0, 0.05) is 29.7 Å². The number of fused-ring (bicyclic) bond motifs is 1. The molecule has 0 bridgehead atoms. The first-order chi connectivity index (χ1) is 19.8. The minimum atomic E-state index is -1.03. The van der Waals surface area contributed by atoms with Gasteiger partial charge in [-0.15, -0.1) is 10.2 Å². The van der Waals surface area contributed by atoms with Crippen molar-refractivity contribution in [1.29, 1.82) is 0 Å². The third-order valence-electron chi connectivity index (χ3n) is 6.89. The Morgan fingerprint density at radius 2 is 1.85 bits per heavy atom. The van der Waals surface area contributed by atoms with E-state index in [0.29, 0.717) is 40.1 Å². The molecule has 41 heavy (non-hydrogen) atoms. The van der Waals surface area contributed by atoms with Crippen LogP contribution in [0.4, 0.5) is 5.69 Å². The fourth-order valence-electron chi connectivity index (χ4n) is 4.41. The van der Waals surface area contributed by atoms with Gasteiger partial charge in [0.2, 0.25) is 11.8 Å². The monoisotopic (exact) mass is 554 g/mol. The van der Waals surface area contributed by atoms with E-state index < -0.39 is 11.6 Å². The van der Waals surface area contributed by atoms with Crippen LogP contribution in [0, 0.1) is 0 Å². The van der Waals surface area contributed by atoms with E-state index in [2.05, 4.69) is 36.1 Å². The minimum absolute atomic E-state index is 0.163. The van der Waals surface area contributed by atoms with Gasteiger partial charge in [-0.3, -0.25) is 19.5 Å². The van der Waals surface area contributed by atoms with Gasteiger partial charge in [-0.25, -0.2) is 4.68 Å². The summed E-state index contributed by atoms with van der Waals surface area (Å²) in [5.74, 6) is -0.325. The normalized spacial score (nSPS) is 12.2. The van der Waals surface area contributed by atoms with E-state index >= 15 is 0 Å². The summed E-state index contributed by atoms with van der Waals surface area (Å²) in [7, 11) is 1.51. The quantitative estimate of drug-likeness (QED) is 0.275. The van der Waals surface area contributed by atoms with Crippen molar-refractivity contribution < 1.29 is 14.3 Å². The number of aromatic nitrogens is 8. The molecule has 0 aliphatic rings. The van der Waals surface area contributed by atoms with E-state index in [4.69, 9.17) is 4.74 Å². The first-order valence-electron chi connectivity index (χ1n) is 13.0. The van der Waals surface area contributed by atoms with E-state index in [0.717, 1.165) is 0 Å². The molecule has 0 spiro atoms. The van der Waals surface area contributed by atoms with E-state index in [1.54, 1.807) is 42.7 Å². The zero-order chi connectivity index (χ0) is 29.0. The number of carbonyl (C=O) groups is 2. The molecule has 0 aliphatic heterocycles. The van der Waals surface area contributed by atoms with E-state index in [1.807, 2.05) is 45.0 Å². The second kappa shape index (κ2) is 11.5. The van der Waals surface area contributed by atoms with E-state index in [9.17, 15) is 9.59 Å². The lowest BCUT2D eigenvalue weighted by atomic mass is 9.98. The summed E-state index contributed by atoms with van der Waals surface area (Å²) in [4.78, 5) is 33.9. The topological polar surface area (TPSA) is 146 Å². The molecule has 2 aromatic carbocycles. The third kappa shape index (κ3) is 5.73. The van der Waals surface area contributed by atoms with Crippen LogP contribution in [-0.2, 0) is 16.1 Å². The number of nitrogens with zero attached hydrogens (tertiary/aromatic N) is 9. The van der Waals surface area contributed by atoms with Crippen LogP contribution in [0.5, 0.6) is 5.75 Å². The number of ether oxygens (including phenoxy) is 1. The zero-order valence-corrected chi connectivity index (χ0v) is 23.2. The molecular formula is C28H30N10O3. The fourth-order valence-corrected chi connectivity index (χ4v) is 4.41. The highest BCUT2D eigenvalue weighted by molar-refractivity contribution is 6.02. The van der Waals surface area contributed by atoms with Gasteiger partial charge < -0.3 is 10.1 Å². The van der Waals surface area contributed by atoms with Crippen LogP contribution in [0.2, 0.25) is 0 Å². The Bertz CT molecular complexity index is 1650. The first kappa shape index (κ1) is 27.4. The summed E-state index contributed by atoms with van der Waals surface area (Å²) in [6.07, 6.45) is 5.32. The maximum Gasteiger partial charge on any atom is 0.249 e. The van der Waals surface area contributed by atoms with Crippen LogP contribution in [0.25, 0.3) is 16.7 Å². The Morgan fingerprint density at radius 1 is 1.07 bits per heavy atom. The Labute approximate surface area is 236 Å². The highest BCUT2D eigenvalue weighted by atomic mass is 16.5. The van der Waals surface area contributed by atoms with E-state index in [1.165, 1.54) is 27.7 Å². The van der Waals surface area contributed by atoms with Gasteiger partial charge in [0.05, 0.1) is 12.6 Å². The van der Waals surface area contributed by atoms with Crippen LogP contribution in [0.3, 0.4) is 0 Å². The number of methoxy groups -OCH3 is 1. The number of tetrazole rings is 1. The average molecular weight is 555 g/mol. The lowest BCUT2D eigenvalue weighted by molar-refractivity contribution is -0.128. The van der Waals surface area contributed by atoms with E-state index in [-0.39, 0.29) is 18.4 Å². The lowest BCUT2D eigenvalue weighted by Crippen LogP contribution is -2.51. The van der Waals surface area contributed by atoms with Crippen LogP contribution < -0.4 is 15.0 Å². The van der Waals surface area contributed by atoms with Crippen molar-refractivity contribution in [1.82, 2.24) is 45.5 Å². The number of para-hydroxylation sites is 1. The fraction of sp³-hybridized carbons (Fsp3) is 0.286. The number of benzene rings is 2. The van der Waals surface area contributed by atoms with Gasteiger partial charge in [-0.2, -0.15) is 4.68 Å². The molecule has 5 rings (SSSR count). The highest BCUT2D eigenvalue weighted by Crippen LogP contribution is 2.34. The van der Waals surface area contributed by atoms with Crippen LogP contribution in [-0.4, -0.2) is 64.6 Å². The Morgan fingerprint density at radius 3 is 2.56 bits per heavy atom. The standard InChI is InChI=1S/C28H30N10O3/c1-5-28(2,3)31-27(40)26(19-12-14-29-15-13-19)38(25(39)17-36-22-9-7-6-8-21(22)32-34-36)20-10-11-23(24(16-20)41-4)37-18-30-33-35-37/h6-16,18,26H,5,17H2,1-4H3,(H,31,40)/t26-/m1/s1. The van der Waals surface area contributed by atoms with Gasteiger partial charge in [-0.1, -0.05) is 24.3 Å². The minimum Gasteiger partial charge on any atom is -0.494 e. The molecule has 3 aromatic heterocycles. The van der Waals surface area contributed by atoms with Gasteiger partial charge >= 0.3 is 0 Å². The SMILES string of the molecule is CCC(C)(C)NC(=O)[C@@H](c1ccncc1)N(C(=O)Cn1nnc2ccccc21)c1ccc(-n2cnnn2)c(OC)c1. The van der Waals surface area contributed by atoms with Crippen LogP contribution >= 0.6 is 0 Å². The summed E-state index contributed by atoms with van der Waals surface area (Å²) in [6.45, 7) is 5.70. The molecule has 210 valence electrons. The molecule has 0 unspecified atom stereocenters. The number of anilines is 1. The molecule has 1 atom stereocenters. The van der Waals surface area contributed by atoms with Crippen molar-refractivity contribution in [2.45, 2.75) is 45.3 Å². The molecule has 1 N–H and O–H groups in total. The summed E-state index contributed by atoms with van der Waals surface area (Å²) in [5, 5.41) is 22.8. The average Bonchev–Trinajstić information content (AvgIpc) is 3.66. The molecule has 0 saturated carbocycles. The third-order valence-corrected chi connectivity index (χ3v) is 6.89. The summed E-state index contributed by atoms with van der Waals surface area (Å²) >= 11 is 0. The van der Waals surface area contributed by atoms with Crippen molar-refractivity contribution >= 4 is 28.5 Å². The molecule has 13 nitrogen and oxygen atoms in total. The molecule has 5 aromatic rings. The number of hydrogen-bond donors (Lipinski definition) is 1. The molecule has 0 fully saturated rings. The largest absolute Gasteiger partial charge is 0.494 e. The molecule has 3 heterocycles. The van der Waals surface area contributed by atoms with Gasteiger partial charge in [0.15, 0.2) is 0 Å². The smallest absolute Gasteiger partial charge is 0.249 e. The Hall–Kier alpha value is -5.20. The molecular weight excluding hydrogens is 524 g/mol.